The molecule has 1 amide bonds. The first kappa shape index (κ1) is 13.8. The van der Waals surface area contributed by atoms with Crippen LogP contribution in [0.3, 0.4) is 0 Å². The van der Waals surface area contributed by atoms with Gasteiger partial charge in [0.15, 0.2) is 0 Å². The van der Waals surface area contributed by atoms with Gasteiger partial charge in [-0.1, -0.05) is 19.8 Å². The SMILES string of the molecule is Cc1ccc(C2NC3(CCCC3)C(=O)N2CC2CC2C)s1. The highest BCUT2D eigenvalue weighted by Gasteiger charge is 2.54. The van der Waals surface area contributed by atoms with Gasteiger partial charge < -0.3 is 4.90 Å². The van der Waals surface area contributed by atoms with Crippen LogP contribution in [-0.2, 0) is 4.79 Å². The zero-order chi connectivity index (χ0) is 14.6. The van der Waals surface area contributed by atoms with Gasteiger partial charge in [0.25, 0.3) is 0 Å². The number of nitrogens with zero attached hydrogens (tertiary/aromatic N) is 1. The fourth-order valence-corrected chi connectivity index (χ4v) is 4.99. The predicted octanol–water partition coefficient (Wildman–Crippen LogP) is 3.46. The molecule has 114 valence electrons. The number of rotatable bonds is 3. The standard InChI is InChI=1S/C17H24N2OS/c1-11-9-13(11)10-19-15(14-6-5-12(2)21-14)18-17(16(19)20)7-3-4-8-17/h5-6,11,13,15,18H,3-4,7-10H2,1-2H3. The summed E-state index contributed by atoms with van der Waals surface area (Å²) in [5.41, 5.74) is -0.249. The third-order valence-electron chi connectivity index (χ3n) is 5.59. The summed E-state index contributed by atoms with van der Waals surface area (Å²) in [5, 5.41) is 3.73. The first-order valence-electron chi connectivity index (χ1n) is 8.24. The van der Waals surface area contributed by atoms with Crippen LogP contribution in [0.25, 0.3) is 0 Å². The second kappa shape index (κ2) is 4.82. The molecular weight excluding hydrogens is 280 g/mol. The minimum atomic E-state index is -0.249. The number of nitrogens with one attached hydrogen (secondary N) is 1. The van der Waals surface area contributed by atoms with Crippen molar-refractivity contribution in [2.75, 3.05) is 6.54 Å². The molecule has 0 bridgehead atoms. The number of carbonyl (C=O) groups excluding carboxylic acids is 1. The van der Waals surface area contributed by atoms with E-state index in [2.05, 4.69) is 36.2 Å². The molecule has 3 fully saturated rings. The summed E-state index contributed by atoms with van der Waals surface area (Å²) in [4.78, 5) is 17.8. The quantitative estimate of drug-likeness (QED) is 0.927. The van der Waals surface area contributed by atoms with Gasteiger partial charge in [0.05, 0.1) is 5.54 Å². The molecule has 3 aliphatic rings. The van der Waals surface area contributed by atoms with Crippen molar-refractivity contribution in [3.8, 4) is 0 Å². The monoisotopic (exact) mass is 304 g/mol. The first-order valence-corrected chi connectivity index (χ1v) is 9.06. The second-order valence-electron chi connectivity index (χ2n) is 7.22. The minimum Gasteiger partial charge on any atom is -0.320 e. The third-order valence-corrected chi connectivity index (χ3v) is 6.64. The van der Waals surface area contributed by atoms with Gasteiger partial charge >= 0.3 is 0 Å². The maximum absolute atomic E-state index is 13.1. The molecule has 0 aromatic carbocycles. The predicted molar refractivity (Wildman–Crippen MR) is 85.1 cm³/mol. The van der Waals surface area contributed by atoms with Gasteiger partial charge in [-0.25, -0.2) is 0 Å². The average molecular weight is 304 g/mol. The first-order chi connectivity index (χ1) is 10.1. The fourth-order valence-electron chi connectivity index (χ4n) is 4.05. The summed E-state index contributed by atoms with van der Waals surface area (Å²) >= 11 is 1.82. The lowest BCUT2D eigenvalue weighted by molar-refractivity contribution is -0.133. The van der Waals surface area contributed by atoms with E-state index in [-0.39, 0.29) is 11.7 Å². The molecule has 3 unspecified atom stereocenters. The smallest absolute Gasteiger partial charge is 0.244 e. The highest BCUT2D eigenvalue weighted by atomic mass is 32.1. The molecule has 4 rings (SSSR count). The van der Waals surface area contributed by atoms with E-state index in [1.165, 1.54) is 29.0 Å². The molecule has 1 spiro atoms. The van der Waals surface area contributed by atoms with E-state index in [4.69, 9.17) is 0 Å². The number of hydrogen-bond acceptors (Lipinski definition) is 3. The molecule has 2 saturated carbocycles. The third kappa shape index (κ3) is 2.23. The molecule has 1 N–H and O–H groups in total. The molecule has 1 saturated heterocycles. The number of carbonyl (C=O) groups is 1. The van der Waals surface area contributed by atoms with Gasteiger partial charge in [0, 0.05) is 16.3 Å². The maximum atomic E-state index is 13.1. The van der Waals surface area contributed by atoms with Crippen LogP contribution in [0.5, 0.6) is 0 Å². The molecule has 3 nitrogen and oxygen atoms in total. The Bertz CT molecular complexity index is 561. The zero-order valence-corrected chi connectivity index (χ0v) is 13.7. The van der Waals surface area contributed by atoms with Crippen LogP contribution in [0.15, 0.2) is 12.1 Å². The molecule has 21 heavy (non-hydrogen) atoms. The van der Waals surface area contributed by atoms with Crippen molar-refractivity contribution in [1.82, 2.24) is 10.2 Å². The number of aryl methyl sites for hydroxylation is 1. The lowest BCUT2D eigenvalue weighted by Gasteiger charge is -2.23. The Morgan fingerprint density at radius 3 is 2.67 bits per heavy atom. The summed E-state index contributed by atoms with van der Waals surface area (Å²) in [7, 11) is 0. The van der Waals surface area contributed by atoms with Crippen LogP contribution in [0.1, 0.15) is 54.9 Å². The van der Waals surface area contributed by atoms with Crippen molar-refractivity contribution in [3.63, 3.8) is 0 Å². The van der Waals surface area contributed by atoms with Crippen LogP contribution in [-0.4, -0.2) is 22.9 Å². The number of amides is 1. The van der Waals surface area contributed by atoms with Crippen molar-refractivity contribution < 1.29 is 4.79 Å². The Balaban J connectivity index is 1.63. The molecule has 2 aliphatic carbocycles. The fraction of sp³-hybridized carbons (Fsp3) is 0.706. The highest BCUT2D eigenvalue weighted by Crippen LogP contribution is 2.45. The maximum Gasteiger partial charge on any atom is 0.244 e. The van der Waals surface area contributed by atoms with Gasteiger partial charge in [-0.3, -0.25) is 10.1 Å². The van der Waals surface area contributed by atoms with E-state index >= 15 is 0 Å². The Kier molecular flexibility index (Phi) is 3.16. The average Bonchev–Trinajstić information content (AvgIpc) is 2.89. The Morgan fingerprint density at radius 1 is 1.38 bits per heavy atom. The molecule has 1 aromatic heterocycles. The van der Waals surface area contributed by atoms with Crippen molar-refractivity contribution >= 4 is 17.2 Å². The van der Waals surface area contributed by atoms with Gasteiger partial charge in [-0.2, -0.15) is 0 Å². The Labute approximate surface area is 130 Å². The summed E-state index contributed by atoms with van der Waals surface area (Å²) in [6.45, 7) is 5.38. The second-order valence-corrected chi connectivity index (χ2v) is 8.53. The van der Waals surface area contributed by atoms with E-state index < -0.39 is 0 Å². The molecule has 2 heterocycles. The van der Waals surface area contributed by atoms with Crippen molar-refractivity contribution in [2.45, 2.75) is 57.7 Å². The van der Waals surface area contributed by atoms with Crippen LogP contribution in [0, 0.1) is 18.8 Å². The molecule has 4 heteroatoms. The van der Waals surface area contributed by atoms with Crippen molar-refractivity contribution in [3.05, 3.63) is 21.9 Å². The van der Waals surface area contributed by atoms with E-state index in [0.717, 1.165) is 31.2 Å². The number of hydrogen-bond donors (Lipinski definition) is 1. The zero-order valence-electron chi connectivity index (χ0n) is 12.9. The van der Waals surface area contributed by atoms with Crippen molar-refractivity contribution in [1.29, 1.82) is 0 Å². The van der Waals surface area contributed by atoms with Crippen LogP contribution in [0.4, 0.5) is 0 Å². The minimum absolute atomic E-state index is 0.113. The van der Waals surface area contributed by atoms with E-state index in [9.17, 15) is 4.79 Å². The van der Waals surface area contributed by atoms with Crippen LogP contribution in [0.2, 0.25) is 0 Å². The van der Waals surface area contributed by atoms with Gasteiger partial charge in [-0.05, 0) is 50.2 Å². The lowest BCUT2D eigenvalue weighted by atomic mass is 9.98. The summed E-state index contributed by atoms with van der Waals surface area (Å²) in [6.07, 6.45) is 5.80. The summed E-state index contributed by atoms with van der Waals surface area (Å²) in [5.74, 6) is 1.88. The Morgan fingerprint density at radius 2 is 2.10 bits per heavy atom. The largest absolute Gasteiger partial charge is 0.320 e. The van der Waals surface area contributed by atoms with Gasteiger partial charge in [0.1, 0.15) is 6.17 Å². The number of thiophene rings is 1. The highest BCUT2D eigenvalue weighted by molar-refractivity contribution is 7.12. The van der Waals surface area contributed by atoms with E-state index in [1.807, 2.05) is 11.3 Å². The van der Waals surface area contributed by atoms with Crippen LogP contribution < -0.4 is 5.32 Å². The van der Waals surface area contributed by atoms with E-state index in [1.54, 1.807) is 0 Å². The normalized spacial score (nSPS) is 34.1. The lowest BCUT2D eigenvalue weighted by Crippen LogP contribution is -2.44. The molecule has 1 aliphatic heterocycles. The Hall–Kier alpha value is -0.870. The summed E-state index contributed by atoms with van der Waals surface area (Å²) in [6, 6.07) is 4.37. The van der Waals surface area contributed by atoms with E-state index in [0.29, 0.717) is 5.91 Å². The topological polar surface area (TPSA) is 32.3 Å². The van der Waals surface area contributed by atoms with Crippen molar-refractivity contribution in [2.24, 2.45) is 11.8 Å². The van der Waals surface area contributed by atoms with Gasteiger partial charge in [0.2, 0.25) is 5.91 Å². The molecular formula is C17H24N2OS. The van der Waals surface area contributed by atoms with Crippen LogP contribution >= 0.6 is 11.3 Å². The molecule has 0 radical (unpaired) electrons. The molecule has 3 atom stereocenters. The van der Waals surface area contributed by atoms with Gasteiger partial charge in [-0.15, -0.1) is 11.3 Å². The summed E-state index contributed by atoms with van der Waals surface area (Å²) < 4.78 is 0. The molecule has 1 aromatic rings.